The molecule has 5 nitrogen and oxygen atoms in total. The largest absolute Gasteiger partial charge is 2.00 e. The number of quaternary nitrogens is 1. The van der Waals surface area contributed by atoms with Crippen LogP contribution in [-0.2, 0) is 27.5 Å². The molecule has 4 N–H and O–H groups in total. The zero-order valence-electron chi connectivity index (χ0n) is 3.77. The van der Waals surface area contributed by atoms with Gasteiger partial charge in [-0.25, -0.2) is 0 Å². The van der Waals surface area contributed by atoms with Crippen molar-refractivity contribution >= 4 is 10.4 Å². The minimum Gasteiger partial charge on any atom is -1.00 e. The first kappa shape index (κ1) is 23.2. The standard InChI is InChI=1S/BrH.Fe.H3N.H2O4S/c;;;1-5(2,3)4/h1H;;1H3;(H2,1,2,3,4)/q;+2;;/p-2. The Morgan fingerprint density at radius 1 is 1.12 bits per heavy atom. The van der Waals surface area contributed by atoms with E-state index in [2.05, 4.69) is 0 Å². The molecule has 8 heavy (non-hydrogen) atoms. The molecule has 0 aliphatic carbocycles. The van der Waals surface area contributed by atoms with Gasteiger partial charge in [-0.1, -0.05) is 0 Å². The topological polar surface area (TPSA) is 117 Å². The summed E-state index contributed by atoms with van der Waals surface area (Å²) in [6.07, 6.45) is 0. The van der Waals surface area contributed by atoms with Crippen molar-refractivity contribution in [2.45, 2.75) is 0 Å². The van der Waals surface area contributed by atoms with Crippen molar-refractivity contribution < 1.29 is 51.6 Å². The third-order valence-corrected chi connectivity index (χ3v) is 0. The van der Waals surface area contributed by atoms with Crippen LogP contribution in [0.3, 0.4) is 0 Å². The molecule has 0 radical (unpaired) electrons. The van der Waals surface area contributed by atoms with E-state index in [9.17, 15) is 0 Å². The van der Waals surface area contributed by atoms with Gasteiger partial charge >= 0.3 is 17.1 Å². The van der Waals surface area contributed by atoms with Crippen molar-refractivity contribution in [3.05, 3.63) is 0 Å². The minimum atomic E-state index is -5.17. The fourth-order valence-corrected chi connectivity index (χ4v) is 0. The third-order valence-electron chi connectivity index (χ3n) is 0. The van der Waals surface area contributed by atoms with E-state index < -0.39 is 10.4 Å². The number of hydrogen-bond donors (Lipinski definition) is 1. The molecule has 0 rings (SSSR count). The van der Waals surface area contributed by atoms with Crippen molar-refractivity contribution in [2.24, 2.45) is 0 Å². The summed E-state index contributed by atoms with van der Waals surface area (Å²) in [6.45, 7) is 0. The van der Waals surface area contributed by atoms with Crippen molar-refractivity contribution in [3.8, 4) is 0 Å². The SMILES string of the molecule is O=S(=O)([O-])[O-].[Br-].[Fe+2].[NH4+]. The van der Waals surface area contributed by atoms with E-state index in [-0.39, 0.29) is 40.2 Å². The van der Waals surface area contributed by atoms with Gasteiger partial charge in [0, 0.05) is 10.4 Å². The summed E-state index contributed by atoms with van der Waals surface area (Å²) in [7, 11) is -5.17. The molecule has 0 bridgehead atoms. The summed E-state index contributed by atoms with van der Waals surface area (Å²) in [5.74, 6) is 0. The zero-order valence-corrected chi connectivity index (χ0v) is 7.28. The summed E-state index contributed by atoms with van der Waals surface area (Å²) >= 11 is 0. The molecule has 0 fully saturated rings. The van der Waals surface area contributed by atoms with E-state index >= 15 is 0 Å². The Bertz CT molecular complexity index is 99.2. The molecule has 0 aromatic carbocycles. The van der Waals surface area contributed by atoms with Crippen LogP contribution in [0.15, 0.2) is 0 Å². The zero-order chi connectivity index (χ0) is 4.50. The van der Waals surface area contributed by atoms with Crippen LogP contribution in [0.1, 0.15) is 0 Å². The maximum atomic E-state index is 8.52. The molecule has 8 heteroatoms. The molecule has 0 saturated heterocycles. The quantitative estimate of drug-likeness (QED) is 0.268. The van der Waals surface area contributed by atoms with E-state index in [1.165, 1.54) is 0 Å². The number of rotatable bonds is 0. The molecule has 0 spiro atoms. The molecule has 0 amide bonds. The first-order valence-corrected chi connectivity index (χ1v) is 2.00. The van der Waals surface area contributed by atoms with Crippen LogP contribution in [0, 0.1) is 0 Å². The van der Waals surface area contributed by atoms with Gasteiger partial charge in [-0.2, -0.15) is 0 Å². The molecule has 0 heterocycles. The fourth-order valence-electron chi connectivity index (χ4n) is 0. The van der Waals surface area contributed by atoms with Gasteiger partial charge in [-0.3, -0.25) is 8.42 Å². The van der Waals surface area contributed by atoms with Crippen LogP contribution in [0.25, 0.3) is 0 Å². The molecule has 0 aliphatic heterocycles. The van der Waals surface area contributed by atoms with Crippen LogP contribution in [0.2, 0.25) is 0 Å². The predicted octanol–water partition coefficient (Wildman–Crippen LogP) is -3.96. The Balaban J connectivity index is -0.0000000267. The van der Waals surface area contributed by atoms with Crippen LogP contribution in [0.5, 0.6) is 0 Å². The Morgan fingerprint density at radius 3 is 1.12 bits per heavy atom. The smallest absolute Gasteiger partial charge is 1.00 e. The Hall–Kier alpha value is 0.829. The molecule has 0 atom stereocenters. The van der Waals surface area contributed by atoms with Crippen molar-refractivity contribution in [2.75, 3.05) is 0 Å². The second-order valence-corrected chi connectivity index (χ2v) is 1.22. The first-order chi connectivity index (χ1) is 2.00. The van der Waals surface area contributed by atoms with Crippen LogP contribution in [0.4, 0.5) is 0 Å². The average molecular weight is 250 g/mol. The van der Waals surface area contributed by atoms with Crippen LogP contribution < -0.4 is 23.1 Å². The van der Waals surface area contributed by atoms with E-state index in [1.807, 2.05) is 0 Å². The van der Waals surface area contributed by atoms with Gasteiger partial charge in [-0.15, -0.1) is 0 Å². The van der Waals surface area contributed by atoms with Gasteiger partial charge in [0.25, 0.3) is 0 Å². The minimum absolute atomic E-state index is 0. The van der Waals surface area contributed by atoms with Crippen LogP contribution in [-0.4, -0.2) is 17.5 Å². The van der Waals surface area contributed by atoms with Gasteiger partial charge in [0.1, 0.15) is 0 Å². The maximum absolute atomic E-state index is 8.52. The van der Waals surface area contributed by atoms with E-state index in [4.69, 9.17) is 17.5 Å². The Kier molecular flexibility index (Phi) is 22.7. The predicted molar refractivity (Wildman–Crippen MR) is 16.5 cm³/mol. The summed E-state index contributed by atoms with van der Waals surface area (Å²) in [5, 5.41) is 0. The van der Waals surface area contributed by atoms with E-state index in [0.717, 1.165) is 0 Å². The maximum Gasteiger partial charge on any atom is 2.00 e. The van der Waals surface area contributed by atoms with Gasteiger partial charge in [0.2, 0.25) is 0 Å². The molecule has 0 aromatic heterocycles. The second-order valence-electron chi connectivity index (χ2n) is 0.408. The molecule has 0 aromatic rings. The summed E-state index contributed by atoms with van der Waals surface area (Å²) < 4.78 is 34.1. The summed E-state index contributed by atoms with van der Waals surface area (Å²) in [4.78, 5) is 0. The Morgan fingerprint density at radius 2 is 1.12 bits per heavy atom. The van der Waals surface area contributed by atoms with E-state index in [1.54, 1.807) is 0 Å². The first-order valence-electron chi connectivity index (χ1n) is 0.667. The molecular formula is H4BrFeNO4S. The van der Waals surface area contributed by atoms with Gasteiger partial charge in [-0.05, 0) is 0 Å². The normalized spacial score (nSPS) is 7.25. The van der Waals surface area contributed by atoms with Crippen molar-refractivity contribution in [1.29, 1.82) is 0 Å². The molecule has 54 valence electrons. The summed E-state index contributed by atoms with van der Waals surface area (Å²) in [6, 6.07) is 0. The fraction of sp³-hybridized carbons (Fsp3) is 0. The molecule has 0 saturated carbocycles. The van der Waals surface area contributed by atoms with Gasteiger partial charge < -0.3 is 32.2 Å². The average Bonchev–Trinajstić information content (AvgIpc) is 0.722. The summed E-state index contributed by atoms with van der Waals surface area (Å²) in [5.41, 5.74) is 0. The van der Waals surface area contributed by atoms with Crippen molar-refractivity contribution in [1.82, 2.24) is 6.15 Å². The Labute approximate surface area is 68.3 Å². The van der Waals surface area contributed by atoms with Crippen LogP contribution >= 0.6 is 0 Å². The second kappa shape index (κ2) is 7.83. The monoisotopic (exact) mass is 249 g/mol. The number of halogens is 1. The van der Waals surface area contributed by atoms with Gasteiger partial charge in [0.15, 0.2) is 0 Å². The molecule has 0 aliphatic rings. The molecular weight excluding hydrogens is 246 g/mol. The van der Waals surface area contributed by atoms with E-state index in [0.29, 0.717) is 0 Å². The third kappa shape index (κ3) is 337. The number of hydrogen-bond acceptors (Lipinski definition) is 4. The molecule has 0 unspecified atom stereocenters. The van der Waals surface area contributed by atoms with Crippen molar-refractivity contribution in [3.63, 3.8) is 0 Å². The van der Waals surface area contributed by atoms with Gasteiger partial charge in [0.05, 0.1) is 0 Å².